The van der Waals surface area contributed by atoms with Gasteiger partial charge in [-0.2, -0.15) is 13.2 Å². The Morgan fingerprint density at radius 3 is 2.26 bits per heavy atom. The molecule has 0 aliphatic rings. The molecule has 0 amide bonds. The highest BCUT2D eigenvalue weighted by Gasteiger charge is 2.40. The van der Waals surface area contributed by atoms with Crippen molar-refractivity contribution in [3.05, 3.63) is 69.8 Å². The third-order valence-electron chi connectivity index (χ3n) is 4.95. The molecule has 1 unspecified atom stereocenters. The number of thiophene rings is 1. The molecule has 0 radical (unpaired) electrons. The summed E-state index contributed by atoms with van der Waals surface area (Å²) in [6, 6.07) is 10.5. The minimum Gasteiger partial charge on any atom is -0.308 e. The summed E-state index contributed by atoms with van der Waals surface area (Å²) in [5.74, 6) is -1.36. The fourth-order valence-corrected chi connectivity index (χ4v) is 7.39. The third kappa shape index (κ3) is 5.03. The van der Waals surface area contributed by atoms with Crippen LogP contribution in [0.5, 0.6) is 0 Å². The lowest BCUT2D eigenvalue weighted by atomic mass is 10.0. The Kier molecular flexibility index (Phi) is 7.26. The van der Waals surface area contributed by atoms with Crippen LogP contribution in [-0.2, 0) is 26.2 Å². The first-order valence-corrected chi connectivity index (χ1v) is 12.3. The van der Waals surface area contributed by atoms with Gasteiger partial charge < -0.3 is 9.05 Å². The van der Waals surface area contributed by atoms with Crippen LogP contribution < -0.4 is 0 Å². The molecule has 0 N–H and O–H groups in total. The molecule has 0 fully saturated rings. The van der Waals surface area contributed by atoms with Gasteiger partial charge in [0.05, 0.1) is 24.4 Å². The lowest BCUT2D eigenvalue weighted by Crippen LogP contribution is -2.11. The highest BCUT2D eigenvalue weighted by Crippen LogP contribution is 2.64. The molecule has 168 valence electrons. The van der Waals surface area contributed by atoms with Crippen molar-refractivity contribution in [1.29, 1.82) is 0 Å². The van der Waals surface area contributed by atoms with Crippen LogP contribution in [0.25, 0.3) is 10.1 Å². The average molecular weight is 474 g/mol. The Bertz CT molecular complexity index is 1100. The van der Waals surface area contributed by atoms with Gasteiger partial charge in [-0.1, -0.05) is 24.3 Å². The van der Waals surface area contributed by atoms with Crippen LogP contribution in [0.3, 0.4) is 0 Å². The van der Waals surface area contributed by atoms with E-state index in [4.69, 9.17) is 9.05 Å². The van der Waals surface area contributed by atoms with Gasteiger partial charge in [0.25, 0.3) is 0 Å². The minimum atomic E-state index is -4.78. The number of halogens is 4. The summed E-state index contributed by atoms with van der Waals surface area (Å²) < 4.78 is 78.9. The number of aryl methyl sites for hydroxylation is 1. The summed E-state index contributed by atoms with van der Waals surface area (Å²) >= 11 is 1.44. The van der Waals surface area contributed by atoms with Gasteiger partial charge in [0, 0.05) is 9.58 Å². The zero-order valence-corrected chi connectivity index (χ0v) is 19.0. The van der Waals surface area contributed by atoms with E-state index in [1.807, 2.05) is 31.2 Å². The number of fused-ring (bicyclic) bond motifs is 1. The lowest BCUT2D eigenvalue weighted by molar-refractivity contribution is -0.140. The van der Waals surface area contributed by atoms with Crippen molar-refractivity contribution in [2.45, 2.75) is 39.0 Å². The van der Waals surface area contributed by atoms with E-state index in [0.29, 0.717) is 6.07 Å². The normalized spacial score (nSPS) is 13.6. The Labute approximate surface area is 182 Å². The molecule has 0 saturated heterocycles. The van der Waals surface area contributed by atoms with Crippen molar-refractivity contribution < 1.29 is 31.2 Å². The van der Waals surface area contributed by atoms with Gasteiger partial charge in [-0.25, -0.2) is 4.39 Å². The maximum atomic E-state index is 14.2. The van der Waals surface area contributed by atoms with Crippen LogP contribution in [0.15, 0.2) is 42.5 Å². The van der Waals surface area contributed by atoms with E-state index in [-0.39, 0.29) is 25.2 Å². The minimum absolute atomic E-state index is 0.0139. The summed E-state index contributed by atoms with van der Waals surface area (Å²) in [4.78, 5) is 0.756. The van der Waals surface area contributed by atoms with Crippen LogP contribution in [0, 0.1) is 12.7 Å². The fraction of sp³-hybridized carbons (Fsp3) is 0.364. The number of benzene rings is 2. The van der Waals surface area contributed by atoms with Gasteiger partial charge in [-0.3, -0.25) is 4.57 Å². The molecule has 0 bridgehead atoms. The number of alkyl halides is 3. The Morgan fingerprint density at radius 1 is 1.06 bits per heavy atom. The zero-order valence-electron chi connectivity index (χ0n) is 17.3. The number of hydrogen-bond donors (Lipinski definition) is 0. The van der Waals surface area contributed by atoms with Crippen molar-refractivity contribution in [3.63, 3.8) is 0 Å². The smallest absolute Gasteiger partial charge is 0.308 e. The second kappa shape index (κ2) is 9.41. The second-order valence-electron chi connectivity index (χ2n) is 6.99. The van der Waals surface area contributed by atoms with Gasteiger partial charge in [-0.15, -0.1) is 11.3 Å². The summed E-state index contributed by atoms with van der Waals surface area (Å²) in [5, 5.41) is 0.991. The van der Waals surface area contributed by atoms with Crippen molar-refractivity contribution in [2.24, 2.45) is 0 Å². The molecule has 3 rings (SSSR count). The van der Waals surface area contributed by atoms with Crippen LogP contribution in [0.4, 0.5) is 17.6 Å². The Balaban J connectivity index is 2.11. The predicted molar refractivity (Wildman–Crippen MR) is 115 cm³/mol. The maximum Gasteiger partial charge on any atom is 0.419 e. The first-order chi connectivity index (χ1) is 14.6. The van der Waals surface area contributed by atoms with Crippen LogP contribution in [-0.4, -0.2) is 13.2 Å². The first-order valence-electron chi connectivity index (χ1n) is 9.83. The molecule has 1 heterocycles. The molecular formula is C22H23F4O3PS. The molecule has 3 aromatic rings. The monoisotopic (exact) mass is 474 g/mol. The van der Waals surface area contributed by atoms with E-state index in [1.54, 1.807) is 13.8 Å². The number of rotatable bonds is 8. The predicted octanol–water partition coefficient (Wildman–Crippen LogP) is 7.92. The van der Waals surface area contributed by atoms with E-state index in [9.17, 15) is 22.1 Å². The van der Waals surface area contributed by atoms with Crippen molar-refractivity contribution in [1.82, 2.24) is 0 Å². The molecule has 9 heteroatoms. The van der Waals surface area contributed by atoms with Crippen LogP contribution >= 0.6 is 18.9 Å². The van der Waals surface area contributed by atoms with Crippen LogP contribution in [0.2, 0.25) is 0 Å². The van der Waals surface area contributed by atoms with Crippen molar-refractivity contribution >= 4 is 29.0 Å². The van der Waals surface area contributed by atoms with Gasteiger partial charge in [0.1, 0.15) is 5.82 Å². The van der Waals surface area contributed by atoms with E-state index in [2.05, 4.69) is 0 Å². The molecule has 2 aromatic carbocycles. The topological polar surface area (TPSA) is 35.5 Å². The zero-order chi connectivity index (χ0) is 22.8. The summed E-state index contributed by atoms with van der Waals surface area (Å²) in [5.41, 5.74) is -0.922. The first kappa shape index (κ1) is 23.9. The van der Waals surface area contributed by atoms with E-state index >= 15 is 0 Å². The maximum absolute atomic E-state index is 14.2. The summed E-state index contributed by atoms with van der Waals surface area (Å²) in [7, 11) is -3.69. The fourth-order valence-electron chi connectivity index (χ4n) is 3.58. The SMILES string of the molecule is CCOP(=O)(OCC)C(Cc1ccc(C(F)(F)F)c(F)c1)c1sc2ccccc2c1C. The van der Waals surface area contributed by atoms with E-state index in [1.165, 1.54) is 17.4 Å². The molecule has 1 atom stereocenters. The van der Waals surface area contributed by atoms with Gasteiger partial charge in [-0.05, 0) is 61.9 Å². The second-order valence-corrected chi connectivity index (χ2v) is 10.3. The van der Waals surface area contributed by atoms with E-state index in [0.717, 1.165) is 26.6 Å². The summed E-state index contributed by atoms with van der Waals surface area (Å²) in [6.07, 6.45) is -4.77. The molecule has 0 spiro atoms. The molecule has 1 aromatic heterocycles. The third-order valence-corrected chi connectivity index (χ3v) is 8.95. The molecule has 0 saturated carbocycles. The van der Waals surface area contributed by atoms with Crippen molar-refractivity contribution in [2.75, 3.05) is 13.2 Å². The number of hydrogen-bond acceptors (Lipinski definition) is 4. The highest BCUT2D eigenvalue weighted by atomic mass is 32.1. The standard InChI is InChI=1S/C22H23F4O3PS/c1-4-28-30(27,29-5-2)19(21-14(3)16-8-6-7-9-20(16)31-21)13-15-10-11-17(18(23)12-15)22(24,25)26/h6-12,19H,4-5,13H2,1-3H3. The van der Waals surface area contributed by atoms with Crippen LogP contribution in [0.1, 0.15) is 41.1 Å². The Hall–Kier alpha value is -1.73. The molecular weight excluding hydrogens is 451 g/mol. The van der Waals surface area contributed by atoms with Gasteiger partial charge in [0.2, 0.25) is 0 Å². The molecule has 0 aliphatic heterocycles. The van der Waals surface area contributed by atoms with Gasteiger partial charge in [0.15, 0.2) is 0 Å². The molecule has 0 aliphatic carbocycles. The van der Waals surface area contributed by atoms with Crippen molar-refractivity contribution in [3.8, 4) is 0 Å². The quantitative estimate of drug-likeness (QED) is 0.246. The average Bonchev–Trinajstić information content (AvgIpc) is 3.02. The molecule has 3 nitrogen and oxygen atoms in total. The summed E-state index contributed by atoms with van der Waals surface area (Å²) in [6.45, 7) is 5.56. The van der Waals surface area contributed by atoms with E-state index < -0.39 is 30.8 Å². The Morgan fingerprint density at radius 2 is 1.71 bits per heavy atom. The molecule has 31 heavy (non-hydrogen) atoms. The lowest BCUT2D eigenvalue weighted by Gasteiger charge is -2.26. The highest BCUT2D eigenvalue weighted by molar-refractivity contribution is 7.54. The largest absolute Gasteiger partial charge is 0.419 e. The van der Waals surface area contributed by atoms with Gasteiger partial charge >= 0.3 is 13.8 Å².